The highest BCUT2D eigenvalue weighted by atomic mass is 35.5. The first-order valence-electron chi connectivity index (χ1n) is 14.0. The summed E-state index contributed by atoms with van der Waals surface area (Å²) in [6.07, 6.45) is 4.45. The van der Waals surface area contributed by atoms with Crippen molar-refractivity contribution in [1.29, 1.82) is 0 Å². The molecule has 1 aromatic carbocycles. The minimum absolute atomic E-state index is 0.129. The smallest absolute Gasteiger partial charge is 0.416 e. The molecule has 0 aliphatic carbocycles. The Labute approximate surface area is 252 Å². The van der Waals surface area contributed by atoms with Crippen LogP contribution in [0.15, 0.2) is 60.5 Å². The second-order valence-electron chi connectivity index (χ2n) is 9.33. The van der Waals surface area contributed by atoms with Crippen LogP contribution in [-0.2, 0) is 35.2 Å². The molecule has 0 saturated carbocycles. The zero-order valence-corrected chi connectivity index (χ0v) is 26.1. The van der Waals surface area contributed by atoms with Crippen LogP contribution in [0.25, 0.3) is 0 Å². The Hall–Kier alpha value is -3.53. The van der Waals surface area contributed by atoms with Crippen molar-refractivity contribution in [3.63, 3.8) is 0 Å². The molecule has 2 aromatic rings. The number of benzene rings is 1. The minimum Gasteiger partial charge on any atom is -0.490 e. The number of likely N-dealkylation sites (N-methyl/N-ethyl adjacent to an activating group) is 1. The van der Waals surface area contributed by atoms with Gasteiger partial charge in [-0.3, -0.25) is 4.79 Å². The monoisotopic (exact) mass is 609 g/mol. The van der Waals surface area contributed by atoms with Gasteiger partial charge in [0, 0.05) is 12.6 Å². The highest BCUT2D eigenvalue weighted by Crippen LogP contribution is 2.29. The van der Waals surface area contributed by atoms with Crippen LogP contribution in [0.3, 0.4) is 0 Å². The number of aromatic nitrogens is 2. The molecule has 2 aliphatic heterocycles. The average molecular weight is 610 g/mol. The maximum atomic E-state index is 12.1. The van der Waals surface area contributed by atoms with Crippen LogP contribution in [0.1, 0.15) is 63.4 Å². The Morgan fingerprint density at radius 2 is 1.90 bits per heavy atom. The van der Waals surface area contributed by atoms with E-state index in [4.69, 9.17) is 22.1 Å². The molecule has 0 bridgehead atoms. The van der Waals surface area contributed by atoms with Crippen LogP contribution in [0.4, 0.5) is 19.0 Å². The zero-order chi connectivity index (χ0) is 31.9. The van der Waals surface area contributed by atoms with Gasteiger partial charge in [0.05, 0.1) is 36.6 Å². The molecule has 1 unspecified atom stereocenters. The molecule has 2 aliphatic rings. The van der Waals surface area contributed by atoms with Crippen molar-refractivity contribution in [2.75, 3.05) is 25.9 Å². The van der Waals surface area contributed by atoms with Gasteiger partial charge in [0.2, 0.25) is 11.7 Å². The van der Waals surface area contributed by atoms with E-state index in [0.29, 0.717) is 36.8 Å². The first-order valence-corrected chi connectivity index (χ1v) is 14.4. The summed E-state index contributed by atoms with van der Waals surface area (Å²) in [6.45, 7) is 16.7. The molecule has 1 atom stereocenters. The van der Waals surface area contributed by atoms with E-state index in [2.05, 4.69) is 54.5 Å². The van der Waals surface area contributed by atoms with Crippen molar-refractivity contribution >= 4 is 23.8 Å². The van der Waals surface area contributed by atoms with Crippen LogP contribution < -0.4 is 5.73 Å². The lowest BCUT2D eigenvalue weighted by atomic mass is 10.1. The SMILES string of the molecule is C=CC1=C(/C=C\C(C)CC)OCCN1C.CC.CCc1cccc(C(F)(F)F)c1.Nc1nc(Cl)nc2c1CN(C=O)C2. The topological polar surface area (TPSA) is 84.6 Å². The molecule has 0 saturated heterocycles. The zero-order valence-electron chi connectivity index (χ0n) is 25.3. The van der Waals surface area contributed by atoms with Gasteiger partial charge in [0.1, 0.15) is 18.2 Å². The van der Waals surface area contributed by atoms with E-state index in [-0.39, 0.29) is 5.28 Å². The highest BCUT2D eigenvalue weighted by Gasteiger charge is 2.30. The molecule has 2 N–H and O–H groups in total. The van der Waals surface area contributed by atoms with E-state index in [1.807, 2.05) is 26.8 Å². The van der Waals surface area contributed by atoms with Gasteiger partial charge in [0.15, 0.2) is 0 Å². The number of nitrogens with zero attached hydrogens (tertiary/aromatic N) is 4. The van der Waals surface area contributed by atoms with Crippen molar-refractivity contribution in [2.45, 2.75) is 66.7 Å². The van der Waals surface area contributed by atoms with Crippen LogP contribution in [-0.4, -0.2) is 46.4 Å². The molecule has 232 valence electrons. The molecule has 3 heterocycles. The number of nitrogens with two attached hydrogens (primary N) is 1. The molecule has 0 radical (unpaired) electrons. The Morgan fingerprint density at radius 3 is 2.48 bits per heavy atom. The second kappa shape index (κ2) is 18.1. The lowest BCUT2D eigenvalue weighted by molar-refractivity contribution is -0.137. The van der Waals surface area contributed by atoms with E-state index in [1.54, 1.807) is 11.0 Å². The number of aryl methyl sites for hydroxylation is 1. The fourth-order valence-corrected chi connectivity index (χ4v) is 3.96. The number of anilines is 1. The summed E-state index contributed by atoms with van der Waals surface area (Å²) in [7, 11) is 2.07. The molecule has 4 rings (SSSR count). The van der Waals surface area contributed by atoms with Gasteiger partial charge in [-0.05, 0) is 47.7 Å². The number of hydrogen-bond donors (Lipinski definition) is 1. The van der Waals surface area contributed by atoms with Crippen molar-refractivity contribution in [3.05, 3.63) is 88.2 Å². The molecule has 42 heavy (non-hydrogen) atoms. The molecule has 11 heteroatoms. The third-order valence-electron chi connectivity index (χ3n) is 6.38. The number of ether oxygens (including phenoxy) is 1. The summed E-state index contributed by atoms with van der Waals surface area (Å²) in [5.74, 6) is 1.90. The average Bonchev–Trinajstić information content (AvgIpc) is 3.41. The van der Waals surface area contributed by atoms with Crippen LogP contribution in [0, 0.1) is 5.92 Å². The summed E-state index contributed by atoms with van der Waals surface area (Å²) in [5.41, 5.74) is 8.38. The highest BCUT2D eigenvalue weighted by molar-refractivity contribution is 6.28. The largest absolute Gasteiger partial charge is 0.490 e. The van der Waals surface area contributed by atoms with Crippen molar-refractivity contribution in [3.8, 4) is 0 Å². The standard InChI is InChI=1S/C13H21NO.C9H9F3.C7H7ClN4O.C2H6/c1-5-11(3)7-8-13-12(6-2)14(4)9-10-15-13;1-2-7-4-3-5-8(6-7)9(10,11)12;8-7-10-5-2-12(3-13)1-4(5)6(9)11-7;1-2/h6-8,11H,2,5,9-10H2,1,3-4H3;3-6H,2H2,1H3;3H,1-2H2,(H2,9,10,11);1-2H3/b8-7-;;;. The minimum atomic E-state index is -4.22. The van der Waals surface area contributed by atoms with Gasteiger partial charge in [-0.2, -0.15) is 13.2 Å². The number of fused-ring (bicyclic) bond motifs is 1. The summed E-state index contributed by atoms with van der Waals surface area (Å²) >= 11 is 5.61. The summed E-state index contributed by atoms with van der Waals surface area (Å²) in [5, 5.41) is 0.129. The lowest BCUT2D eigenvalue weighted by Crippen LogP contribution is -2.27. The summed E-state index contributed by atoms with van der Waals surface area (Å²) in [4.78, 5) is 22.0. The van der Waals surface area contributed by atoms with Crippen molar-refractivity contribution < 1.29 is 22.7 Å². The number of carbonyl (C=O) groups is 1. The number of rotatable bonds is 6. The number of amides is 1. The lowest BCUT2D eigenvalue weighted by Gasteiger charge is -2.27. The van der Waals surface area contributed by atoms with E-state index in [9.17, 15) is 18.0 Å². The van der Waals surface area contributed by atoms with Gasteiger partial charge < -0.3 is 20.3 Å². The number of alkyl halides is 3. The number of carbonyl (C=O) groups excluding carboxylic acids is 1. The first kappa shape index (κ1) is 36.5. The van der Waals surface area contributed by atoms with Crippen molar-refractivity contribution in [1.82, 2.24) is 19.8 Å². The molecular weight excluding hydrogens is 567 g/mol. The number of halogens is 4. The molecule has 1 amide bonds. The molecular formula is C31H43ClF3N5O2. The first-order chi connectivity index (χ1) is 19.9. The molecule has 1 aromatic heterocycles. The second-order valence-corrected chi connectivity index (χ2v) is 9.67. The van der Waals surface area contributed by atoms with Gasteiger partial charge in [-0.1, -0.05) is 71.9 Å². The van der Waals surface area contributed by atoms with Gasteiger partial charge in [-0.25, -0.2) is 9.97 Å². The Morgan fingerprint density at radius 1 is 1.21 bits per heavy atom. The van der Waals surface area contributed by atoms with Crippen LogP contribution in [0.5, 0.6) is 0 Å². The number of nitrogen functional groups attached to an aromatic ring is 1. The van der Waals surface area contributed by atoms with Gasteiger partial charge in [-0.15, -0.1) is 0 Å². The molecule has 0 spiro atoms. The Balaban J connectivity index is 0.000000307. The van der Waals surface area contributed by atoms with E-state index < -0.39 is 11.7 Å². The Bertz CT molecular complexity index is 1220. The van der Waals surface area contributed by atoms with E-state index in [0.717, 1.165) is 54.8 Å². The maximum Gasteiger partial charge on any atom is 0.416 e. The van der Waals surface area contributed by atoms with Crippen LogP contribution >= 0.6 is 11.6 Å². The quantitative estimate of drug-likeness (QED) is 0.271. The number of allylic oxidation sites excluding steroid dienone is 3. The van der Waals surface area contributed by atoms with E-state index in [1.165, 1.54) is 12.1 Å². The van der Waals surface area contributed by atoms with Crippen molar-refractivity contribution in [2.24, 2.45) is 5.92 Å². The predicted molar refractivity (Wildman–Crippen MR) is 163 cm³/mol. The predicted octanol–water partition coefficient (Wildman–Crippen LogP) is 7.43. The fourth-order valence-electron chi connectivity index (χ4n) is 3.77. The maximum absolute atomic E-state index is 12.1. The fraction of sp³-hybridized carbons (Fsp3) is 0.452. The molecule has 7 nitrogen and oxygen atoms in total. The van der Waals surface area contributed by atoms with Gasteiger partial charge >= 0.3 is 6.18 Å². The van der Waals surface area contributed by atoms with Crippen LogP contribution in [0.2, 0.25) is 5.28 Å². The van der Waals surface area contributed by atoms with E-state index >= 15 is 0 Å². The normalized spacial score (nSPS) is 14.8. The Kier molecular flexibility index (Phi) is 15.7. The third-order valence-corrected chi connectivity index (χ3v) is 6.55. The summed E-state index contributed by atoms with van der Waals surface area (Å²) < 4.78 is 41.9. The molecule has 0 fully saturated rings. The number of hydrogen-bond acceptors (Lipinski definition) is 6. The summed E-state index contributed by atoms with van der Waals surface area (Å²) in [6, 6.07) is 5.38. The third kappa shape index (κ3) is 11.4. The van der Waals surface area contributed by atoms with Gasteiger partial charge in [0.25, 0.3) is 0 Å².